The molecule has 0 radical (unpaired) electrons. The standard InChI is InChI=1S/C33H41BFN9/c1-31(2,3)20-39-30-22(16-37)17-38-29-21(15-36)13-25(14-27(29)30)40-33(34,23-7-9-24(35)10-8-23)28-19-43(42-41-28)12-11-26-18-44(26)32(4,5)6/h7-10,13-14,17,19,26,40-42H,11-12,18,20,34H2,1-6H3,(H,38,39)/t26?,33-,44?/m0/s1. The fraction of sp³-hybridized carbons (Fsp3) is 0.424. The second kappa shape index (κ2) is 11.6. The van der Waals surface area contributed by atoms with Crippen LogP contribution >= 0.6 is 0 Å². The number of nitrogens with one attached hydrogen (secondary N) is 4. The molecule has 0 amide bonds. The van der Waals surface area contributed by atoms with Gasteiger partial charge in [0.15, 0.2) is 0 Å². The third-order valence-corrected chi connectivity index (χ3v) is 8.26. The first-order valence-corrected chi connectivity index (χ1v) is 15.0. The summed E-state index contributed by atoms with van der Waals surface area (Å²) in [5, 5.41) is 29.8. The highest BCUT2D eigenvalue weighted by Gasteiger charge is 2.42. The molecule has 44 heavy (non-hydrogen) atoms. The summed E-state index contributed by atoms with van der Waals surface area (Å²) in [5.74, 6) is -0.320. The van der Waals surface area contributed by atoms with E-state index in [1.807, 2.05) is 25.1 Å². The predicted octanol–water partition coefficient (Wildman–Crippen LogP) is 4.51. The Bertz CT molecular complexity index is 1660. The van der Waals surface area contributed by atoms with E-state index in [1.54, 1.807) is 18.2 Å². The van der Waals surface area contributed by atoms with Crippen LogP contribution in [-0.2, 0) is 5.44 Å². The number of benzene rings is 2. The topological polar surface area (TPSA) is 115 Å². The number of hydrogen-bond donors (Lipinski definition) is 4. The number of pyridine rings is 1. The summed E-state index contributed by atoms with van der Waals surface area (Å²) in [6.07, 6.45) is 4.57. The normalized spacial score (nSPS) is 19.4. The van der Waals surface area contributed by atoms with Gasteiger partial charge in [-0.15, -0.1) is 5.53 Å². The van der Waals surface area contributed by atoms with E-state index < -0.39 is 5.44 Å². The SMILES string of the molecule is B[C@@](Nc1cc(C#N)c2ncc(C#N)c(NCC(C)(C)C)c2c1)(C1=CN(CCC2CN2C(C)(C)C)NN1)c1ccc(F)cc1. The molecule has 4 N–H and O–H groups in total. The van der Waals surface area contributed by atoms with Crippen LogP contribution in [0.15, 0.2) is 54.5 Å². The van der Waals surface area contributed by atoms with Gasteiger partial charge in [0.05, 0.1) is 33.5 Å². The zero-order valence-corrected chi connectivity index (χ0v) is 26.6. The van der Waals surface area contributed by atoms with Crippen LogP contribution in [0.5, 0.6) is 0 Å². The number of nitriles is 2. The van der Waals surface area contributed by atoms with E-state index in [0.29, 0.717) is 46.0 Å². The monoisotopic (exact) mass is 593 g/mol. The Morgan fingerprint density at radius 2 is 1.77 bits per heavy atom. The van der Waals surface area contributed by atoms with Crippen LogP contribution in [-0.4, -0.2) is 54.0 Å². The Balaban J connectivity index is 1.51. The lowest BCUT2D eigenvalue weighted by atomic mass is 9.69. The van der Waals surface area contributed by atoms with Crippen LogP contribution in [0.2, 0.25) is 0 Å². The van der Waals surface area contributed by atoms with Crippen molar-refractivity contribution in [1.29, 1.82) is 10.5 Å². The Hall–Kier alpha value is -4.32. The van der Waals surface area contributed by atoms with Crippen LogP contribution in [0.4, 0.5) is 15.8 Å². The summed E-state index contributed by atoms with van der Waals surface area (Å²) < 4.78 is 14.0. The van der Waals surface area contributed by atoms with E-state index in [4.69, 9.17) is 0 Å². The lowest BCUT2D eigenvalue weighted by Crippen LogP contribution is -2.45. The van der Waals surface area contributed by atoms with E-state index in [9.17, 15) is 14.9 Å². The average molecular weight is 594 g/mol. The second-order valence-electron chi connectivity index (χ2n) is 14.1. The molecule has 0 spiro atoms. The quantitative estimate of drug-likeness (QED) is 0.210. The lowest BCUT2D eigenvalue weighted by Gasteiger charge is -2.34. The molecular formula is C33H41BFN9. The van der Waals surface area contributed by atoms with E-state index in [-0.39, 0.29) is 16.8 Å². The molecule has 9 nitrogen and oxygen atoms in total. The van der Waals surface area contributed by atoms with Crippen LogP contribution in [0.3, 0.4) is 0 Å². The maximum Gasteiger partial charge on any atom is 0.148 e. The number of nitrogens with zero attached hydrogens (tertiary/aromatic N) is 5. The fourth-order valence-corrected chi connectivity index (χ4v) is 5.72. The minimum Gasteiger partial charge on any atom is -0.383 e. The summed E-state index contributed by atoms with van der Waals surface area (Å²) in [4.78, 5) is 6.98. The van der Waals surface area contributed by atoms with Crippen molar-refractivity contribution in [1.82, 2.24) is 25.9 Å². The highest BCUT2D eigenvalue weighted by molar-refractivity contribution is 6.19. The van der Waals surface area contributed by atoms with Crippen LogP contribution < -0.4 is 21.6 Å². The fourth-order valence-electron chi connectivity index (χ4n) is 5.72. The molecule has 5 rings (SSSR count). The zero-order valence-electron chi connectivity index (χ0n) is 26.6. The van der Waals surface area contributed by atoms with E-state index >= 15 is 0 Å². The minimum absolute atomic E-state index is 0.0403. The molecule has 1 fully saturated rings. The minimum atomic E-state index is -0.841. The predicted molar refractivity (Wildman–Crippen MR) is 175 cm³/mol. The first-order chi connectivity index (χ1) is 20.7. The Morgan fingerprint density at radius 3 is 2.39 bits per heavy atom. The summed E-state index contributed by atoms with van der Waals surface area (Å²) in [6, 6.07) is 15.2. The molecule has 2 aliphatic heterocycles. The molecule has 11 heteroatoms. The van der Waals surface area contributed by atoms with Crippen LogP contribution in [0, 0.1) is 33.9 Å². The molecule has 2 unspecified atom stereocenters. The average Bonchev–Trinajstić information content (AvgIpc) is 3.61. The molecule has 3 aromatic rings. The number of hydrogen-bond acceptors (Lipinski definition) is 9. The molecule has 3 atom stereocenters. The molecule has 3 heterocycles. The third kappa shape index (κ3) is 6.60. The van der Waals surface area contributed by atoms with Gasteiger partial charge in [-0.25, -0.2) is 4.39 Å². The first-order valence-electron chi connectivity index (χ1n) is 15.0. The van der Waals surface area contributed by atoms with Gasteiger partial charge in [0.2, 0.25) is 0 Å². The van der Waals surface area contributed by atoms with Gasteiger partial charge in [0.25, 0.3) is 0 Å². The van der Waals surface area contributed by atoms with Crippen molar-refractivity contribution in [3.05, 3.63) is 77.0 Å². The number of rotatable bonds is 9. The maximum atomic E-state index is 14.0. The number of anilines is 2. The van der Waals surface area contributed by atoms with Crippen molar-refractivity contribution in [2.75, 3.05) is 30.3 Å². The van der Waals surface area contributed by atoms with Crippen molar-refractivity contribution >= 4 is 30.1 Å². The Labute approximate surface area is 260 Å². The van der Waals surface area contributed by atoms with Crippen molar-refractivity contribution in [3.63, 3.8) is 0 Å². The van der Waals surface area contributed by atoms with Crippen LogP contribution in [0.25, 0.3) is 10.9 Å². The van der Waals surface area contributed by atoms with Crippen molar-refractivity contribution in [2.24, 2.45) is 5.41 Å². The van der Waals surface area contributed by atoms with Crippen molar-refractivity contribution in [3.8, 4) is 12.1 Å². The molecule has 0 saturated carbocycles. The van der Waals surface area contributed by atoms with E-state index in [2.05, 4.69) is 85.2 Å². The molecule has 2 aliphatic rings. The number of fused-ring (bicyclic) bond motifs is 1. The van der Waals surface area contributed by atoms with Gasteiger partial charge in [0.1, 0.15) is 25.8 Å². The molecular weight excluding hydrogens is 552 g/mol. The molecule has 228 valence electrons. The molecule has 1 saturated heterocycles. The summed E-state index contributed by atoms with van der Waals surface area (Å²) in [7, 11) is 2.02. The van der Waals surface area contributed by atoms with Gasteiger partial charge in [-0.05, 0) is 62.4 Å². The summed E-state index contributed by atoms with van der Waals surface area (Å²) >= 11 is 0. The van der Waals surface area contributed by atoms with Gasteiger partial charge >= 0.3 is 0 Å². The van der Waals surface area contributed by atoms with Gasteiger partial charge in [-0.1, -0.05) is 32.9 Å². The summed E-state index contributed by atoms with van der Waals surface area (Å²) in [5.41, 5.74) is 10.2. The van der Waals surface area contributed by atoms with Gasteiger partial charge in [-0.3, -0.25) is 14.9 Å². The Kier molecular flexibility index (Phi) is 8.24. The zero-order chi connectivity index (χ0) is 31.9. The molecule has 2 aromatic carbocycles. The van der Waals surface area contributed by atoms with Crippen molar-refractivity contribution < 1.29 is 4.39 Å². The number of aromatic nitrogens is 1. The molecule has 0 bridgehead atoms. The van der Waals surface area contributed by atoms with E-state index in [1.165, 1.54) is 18.3 Å². The summed E-state index contributed by atoms with van der Waals surface area (Å²) in [6.45, 7) is 15.6. The maximum absolute atomic E-state index is 14.0. The molecule has 1 aromatic heterocycles. The van der Waals surface area contributed by atoms with Crippen molar-refractivity contribution in [2.45, 2.75) is 65.0 Å². The lowest BCUT2D eigenvalue weighted by molar-refractivity contribution is 0.241. The largest absolute Gasteiger partial charge is 0.383 e. The van der Waals surface area contributed by atoms with Gasteiger partial charge in [0, 0.05) is 54.7 Å². The third-order valence-electron chi connectivity index (χ3n) is 8.26. The molecule has 0 aliphatic carbocycles. The Morgan fingerprint density at radius 1 is 1.07 bits per heavy atom. The number of hydrazine groups is 2. The highest BCUT2D eigenvalue weighted by Crippen LogP contribution is 2.36. The first kappa shape index (κ1) is 31.1. The second-order valence-corrected chi connectivity index (χ2v) is 14.1. The van der Waals surface area contributed by atoms with Crippen LogP contribution in [0.1, 0.15) is 64.7 Å². The highest BCUT2D eigenvalue weighted by atomic mass is 19.1. The smallest absolute Gasteiger partial charge is 0.148 e. The number of halogens is 1. The van der Waals surface area contributed by atoms with Gasteiger partial charge < -0.3 is 16.1 Å². The van der Waals surface area contributed by atoms with E-state index in [0.717, 1.165) is 30.8 Å². The van der Waals surface area contributed by atoms with Gasteiger partial charge in [-0.2, -0.15) is 10.5 Å².